The number of amides is 1. The van der Waals surface area contributed by atoms with Crippen LogP contribution >= 0.6 is 23.1 Å². The van der Waals surface area contributed by atoms with E-state index in [0.29, 0.717) is 15.5 Å². The van der Waals surface area contributed by atoms with Crippen molar-refractivity contribution in [3.8, 4) is 0 Å². The summed E-state index contributed by atoms with van der Waals surface area (Å²) in [4.78, 5) is 23.8. The zero-order valence-electron chi connectivity index (χ0n) is 12.1. The number of aromatic carboxylic acids is 1. The van der Waals surface area contributed by atoms with Gasteiger partial charge in [0.15, 0.2) is 0 Å². The zero-order valence-corrected chi connectivity index (χ0v) is 13.7. The largest absolute Gasteiger partial charge is 0.477 e. The van der Waals surface area contributed by atoms with Crippen LogP contribution in [0.15, 0.2) is 46.4 Å². The van der Waals surface area contributed by atoms with Gasteiger partial charge in [0.1, 0.15) is 10.7 Å². The van der Waals surface area contributed by atoms with Gasteiger partial charge in [-0.3, -0.25) is 4.79 Å². The molecule has 0 aliphatic heterocycles. The van der Waals surface area contributed by atoms with E-state index in [-0.39, 0.29) is 22.4 Å². The van der Waals surface area contributed by atoms with Crippen molar-refractivity contribution in [3.05, 3.63) is 52.0 Å². The Balaban J connectivity index is 1.89. The molecule has 1 aromatic carbocycles. The number of benzene rings is 1. The number of carboxylic acid groups (broad SMARTS) is 1. The Morgan fingerprint density at radius 2 is 1.96 bits per heavy atom. The first-order chi connectivity index (χ1) is 11.0. The Labute approximate surface area is 140 Å². The maximum Gasteiger partial charge on any atom is 0.345 e. The second-order valence-corrected chi connectivity index (χ2v) is 6.52. The number of hydrazone groups is 1. The van der Waals surface area contributed by atoms with Crippen molar-refractivity contribution in [2.24, 2.45) is 5.10 Å². The van der Waals surface area contributed by atoms with Crippen LogP contribution in [0.25, 0.3) is 0 Å². The number of thiophene rings is 1. The molecule has 0 aliphatic rings. The van der Waals surface area contributed by atoms with Gasteiger partial charge in [-0.25, -0.2) is 14.6 Å². The maximum atomic E-state index is 13.4. The first kappa shape index (κ1) is 17.2. The summed E-state index contributed by atoms with van der Waals surface area (Å²) in [6.07, 6.45) is 0. The average Bonchev–Trinajstić information content (AvgIpc) is 3.02. The molecule has 5 nitrogen and oxygen atoms in total. The zero-order chi connectivity index (χ0) is 16.8. The molecule has 0 unspecified atom stereocenters. The number of carbonyl (C=O) groups excluding carboxylic acids is 1. The molecule has 1 heterocycles. The van der Waals surface area contributed by atoms with Crippen LogP contribution in [0.3, 0.4) is 0 Å². The quantitative estimate of drug-likeness (QED) is 0.475. The van der Waals surface area contributed by atoms with Crippen LogP contribution in [0.5, 0.6) is 0 Å². The van der Waals surface area contributed by atoms with E-state index in [1.165, 1.54) is 12.1 Å². The van der Waals surface area contributed by atoms with Crippen LogP contribution in [0.2, 0.25) is 0 Å². The van der Waals surface area contributed by atoms with Crippen LogP contribution in [-0.4, -0.2) is 28.4 Å². The van der Waals surface area contributed by atoms with Gasteiger partial charge in [0.25, 0.3) is 0 Å². The summed E-state index contributed by atoms with van der Waals surface area (Å²) >= 11 is 2.16. The highest BCUT2D eigenvalue weighted by Crippen LogP contribution is 2.20. The summed E-state index contributed by atoms with van der Waals surface area (Å²) in [6.45, 7) is 1.67. The third kappa shape index (κ3) is 4.90. The molecule has 0 fully saturated rings. The molecule has 2 rings (SSSR count). The van der Waals surface area contributed by atoms with Crippen molar-refractivity contribution in [1.29, 1.82) is 0 Å². The Morgan fingerprint density at radius 1 is 1.26 bits per heavy atom. The number of hydrogen-bond donors (Lipinski definition) is 2. The van der Waals surface area contributed by atoms with Gasteiger partial charge in [-0.05, 0) is 31.2 Å². The van der Waals surface area contributed by atoms with Crippen LogP contribution in [-0.2, 0) is 4.79 Å². The monoisotopic (exact) mass is 352 g/mol. The summed E-state index contributed by atoms with van der Waals surface area (Å²) < 4.78 is 13.4. The Hall–Kier alpha value is -2.19. The van der Waals surface area contributed by atoms with E-state index in [4.69, 9.17) is 5.11 Å². The first-order valence-electron chi connectivity index (χ1n) is 6.51. The number of carboxylic acids is 1. The van der Waals surface area contributed by atoms with E-state index in [1.807, 2.05) is 0 Å². The fourth-order valence-electron chi connectivity index (χ4n) is 1.59. The minimum Gasteiger partial charge on any atom is -0.477 e. The topological polar surface area (TPSA) is 78.8 Å². The number of nitrogens with zero attached hydrogens (tertiary/aromatic N) is 1. The van der Waals surface area contributed by atoms with Gasteiger partial charge < -0.3 is 5.11 Å². The molecule has 2 aromatic rings. The number of rotatable bonds is 6. The molecule has 120 valence electrons. The second-order valence-electron chi connectivity index (χ2n) is 4.42. The lowest BCUT2D eigenvalue weighted by Crippen LogP contribution is -2.21. The third-order valence-corrected chi connectivity index (χ3v) is 4.95. The third-order valence-electron chi connectivity index (χ3n) is 2.72. The van der Waals surface area contributed by atoms with Crippen LogP contribution in [0.4, 0.5) is 4.39 Å². The molecule has 23 heavy (non-hydrogen) atoms. The molecule has 2 N–H and O–H groups in total. The van der Waals surface area contributed by atoms with Crippen molar-refractivity contribution in [2.75, 3.05) is 5.75 Å². The van der Waals surface area contributed by atoms with Crippen LogP contribution in [0.1, 0.15) is 21.5 Å². The second kappa shape index (κ2) is 7.89. The molecule has 1 aromatic heterocycles. The van der Waals surface area contributed by atoms with E-state index in [2.05, 4.69) is 10.5 Å². The van der Waals surface area contributed by atoms with E-state index >= 15 is 0 Å². The number of carbonyl (C=O) groups is 2. The highest BCUT2D eigenvalue weighted by Gasteiger charge is 2.10. The molecule has 0 saturated carbocycles. The van der Waals surface area contributed by atoms with Gasteiger partial charge in [0.2, 0.25) is 5.91 Å². The van der Waals surface area contributed by atoms with E-state index in [9.17, 15) is 14.0 Å². The highest BCUT2D eigenvalue weighted by molar-refractivity contribution is 8.00. The Morgan fingerprint density at radius 3 is 2.61 bits per heavy atom. The number of halogens is 1. The minimum atomic E-state index is -1.00. The van der Waals surface area contributed by atoms with Crippen molar-refractivity contribution in [1.82, 2.24) is 5.43 Å². The van der Waals surface area contributed by atoms with Crippen LogP contribution in [0, 0.1) is 5.82 Å². The average molecular weight is 352 g/mol. The number of thioether (sulfide) groups is 1. The van der Waals surface area contributed by atoms with E-state index in [0.717, 1.165) is 23.1 Å². The number of nitrogens with one attached hydrogen (secondary N) is 1. The predicted octanol–water partition coefficient (Wildman–Crippen LogP) is 3.22. The van der Waals surface area contributed by atoms with Gasteiger partial charge in [0.05, 0.1) is 16.3 Å². The fraction of sp³-hybridized carbons (Fsp3) is 0.133. The first-order valence-corrected chi connectivity index (χ1v) is 8.31. The molecule has 0 saturated heterocycles. The molecular weight excluding hydrogens is 339 g/mol. The van der Waals surface area contributed by atoms with Crippen molar-refractivity contribution in [2.45, 2.75) is 11.8 Å². The van der Waals surface area contributed by atoms with Gasteiger partial charge in [-0.2, -0.15) is 5.10 Å². The summed E-state index contributed by atoms with van der Waals surface area (Å²) in [5.74, 6) is -1.71. The standard InChI is InChI=1S/C15H13FN2O3S2/c1-9(11-6-7-13(23-11)15(20)21)17-18-14(19)8-22-12-5-3-2-4-10(12)16/h2-7H,8H2,1H3,(H,18,19)(H,20,21)/b17-9-. The van der Waals surface area contributed by atoms with Crippen molar-refractivity contribution in [3.63, 3.8) is 0 Å². The lowest BCUT2D eigenvalue weighted by Gasteiger charge is -2.03. The highest BCUT2D eigenvalue weighted by atomic mass is 32.2. The Bertz CT molecular complexity index is 759. The van der Waals surface area contributed by atoms with Gasteiger partial charge in [0, 0.05) is 4.90 Å². The lowest BCUT2D eigenvalue weighted by molar-refractivity contribution is -0.118. The molecular formula is C15H13FN2O3S2. The van der Waals surface area contributed by atoms with Crippen molar-refractivity contribution < 1.29 is 19.1 Å². The van der Waals surface area contributed by atoms with E-state index < -0.39 is 5.97 Å². The van der Waals surface area contributed by atoms with Crippen molar-refractivity contribution >= 4 is 40.7 Å². The van der Waals surface area contributed by atoms with Crippen LogP contribution < -0.4 is 5.43 Å². The van der Waals surface area contributed by atoms with Gasteiger partial charge >= 0.3 is 5.97 Å². The van der Waals surface area contributed by atoms with E-state index in [1.54, 1.807) is 31.2 Å². The summed E-state index contributed by atoms with van der Waals surface area (Å²) in [5.41, 5.74) is 2.88. The lowest BCUT2D eigenvalue weighted by atomic mass is 10.3. The van der Waals surface area contributed by atoms with Gasteiger partial charge in [-0.15, -0.1) is 23.1 Å². The Kier molecular flexibility index (Phi) is 5.89. The molecule has 0 bridgehead atoms. The SMILES string of the molecule is C/C(=N/NC(=O)CSc1ccccc1F)c1ccc(C(=O)O)s1. The summed E-state index contributed by atoms with van der Waals surface area (Å²) in [7, 11) is 0. The molecule has 0 atom stereocenters. The normalized spacial score (nSPS) is 11.3. The summed E-state index contributed by atoms with van der Waals surface area (Å²) in [5, 5.41) is 12.8. The fourth-order valence-corrected chi connectivity index (χ4v) is 3.11. The van der Waals surface area contributed by atoms with Gasteiger partial charge in [-0.1, -0.05) is 12.1 Å². The molecule has 0 aliphatic carbocycles. The molecule has 8 heteroatoms. The minimum absolute atomic E-state index is 0.0303. The number of hydrogen-bond acceptors (Lipinski definition) is 5. The summed E-state index contributed by atoms with van der Waals surface area (Å²) in [6, 6.07) is 9.33. The smallest absolute Gasteiger partial charge is 0.345 e. The maximum absolute atomic E-state index is 13.4. The predicted molar refractivity (Wildman–Crippen MR) is 88.8 cm³/mol. The molecule has 0 radical (unpaired) electrons. The molecule has 1 amide bonds. The molecule has 0 spiro atoms.